The first-order chi connectivity index (χ1) is 12.6. The topological polar surface area (TPSA) is 46.6 Å². The van der Waals surface area contributed by atoms with Gasteiger partial charge in [-0.3, -0.25) is 0 Å². The van der Waals surface area contributed by atoms with Crippen molar-refractivity contribution in [1.82, 2.24) is 10.3 Å². The van der Waals surface area contributed by atoms with Gasteiger partial charge in [-0.25, -0.2) is 4.98 Å². The van der Waals surface area contributed by atoms with Gasteiger partial charge in [-0.1, -0.05) is 12.1 Å². The zero-order chi connectivity index (χ0) is 18.5. The molecule has 0 bridgehead atoms. The van der Waals surface area contributed by atoms with Crippen molar-refractivity contribution in [3.05, 3.63) is 47.7 Å². The summed E-state index contributed by atoms with van der Waals surface area (Å²) in [4.78, 5) is 7.03. The van der Waals surface area contributed by atoms with Crippen LogP contribution in [0.3, 0.4) is 0 Å². The quantitative estimate of drug-likeness (QED) is 0.855. The van der Waals surface area contributed by atoms with Crippen molar-refractivity contribution in [3.63, 3.8) is 0 Å². The van der Waals surface area contributed by atoms with Crippen molar-refractivity contribution in [2.24, 2.45) is 0 Å². The Morgan fingerprint density at radius 1 is 1.08 bits per heavy atom. The standard InChI is InChI=1S/C21H29N3O2/c1-15-6-5-7-21(22-15)24-12-10-18(11-13-24)23-16(2)17-8-9-19(25-3)20(14-17)26-4/h5-9,14,16,18,23H,10-13H2,1-4H3. The van der Waals surface area contributed by atoms with E-state index in [2.05, 4.69) is 46.4 Å². The smallest absolute Gasteiger partial charge is 0.161 e. The van der Waals surface area contributed by atoms with Crippen LogP contribution in [-0.2, 0) is 0 Å². The highest BCUT2D eigenvalue weighted by molar-refractivity contribution is 5.44. The monoisotopic (exact) mass is 355 g/mol. The lowest BCUT2D eigenvalue weighted by atomic mass is 10.0. The molecule has 1 aliphatic rings. The van der Waals surface area contributed by atoms with Crippen molar-refractivity contribution < 1.29 is 9.47 Å². The highest BCUT2D eigenvalue weighted by Crippen LogP contribution is 2.30. The van der Waals surface area contributed by atoms with E-state index in [1.807, 2.05) is 19.1 Å². The molecule has 3 rings (SSSR count). The largest absolute Gasteiger partial charge is 0.493 e. The number of aromatic nitrogens is 1. The zero-order valence-electron chi connectivity index (χ0n) is 16.2. The van der Waals surface area contributed by atoms with Gasteiger partial charge in [0.15, 0.2) is 11.5 Å². The summed E-state index contributed by atoms with van der Waals surface area (Å²) >= 11 is 0. The van der Waals surface area contributed by atoms with Crippen molar-refractivity contribution in [3.8, 4) is 11.5 Å². The molecule has 5 nitrogen and oxygen atoms in total. The Bertz CT molecular complexity index is 727. The number of piperidine rings is 1. The first-order valence-electron chi connectivity index (χ1n) is 9.27. The van der Waals surface area contributed by atoms with E-state index in [0.717, 1.165) is 48.9 Å². The second kappa shape index (κ2) is 8.41. The molecule has 2 aromatic rings. The molecule has 5 heteroatoms. The molecule has 0 amide bonds. The van der Waals surface area contributed by atoms with Crippen LogP contribution in [0.25, 0.3) is 0 Å². The summed E-state index contributed by atoms with van der Waals surface area (Å²) in [6.45, 7) is 6.32. The van der Waals surface area contributed by atoms with Gasteiger partial charge >= 0.3 is 0 Å². The van der Waals surface area contributed by atoms with E-state index in [-0.39, 0.29) is 6.04 Å². The molecular formula is C21H29N3O2. The fourth-order valence-electron chi connectivity index (χ4n) is 3.55. The van der Waals surface area contributed by atoms with Crippen LogP contribution in [0.2, 0.25) is 0 Å². The summed E-state index contributed by atoms with van der Waals surface area (Å²) in [5, 5.41) is 3.76. The van der Waals surface area contributed by atoms with Gasteiger partial charge < -0.3 is 19.7 Å². The van der Waals surface area contributed by atoms with Crippen LogP contribution in [0, 0.1) is 6.92 Å². The number of aryl methyl sites for hydroxylation is 1. The maximum absolute atomic E-state index is 5.42. The Kier molecular flexibility index (Phi) is 5.99. The highest BCUT2D eigenvalue weighted by Gasteiger charge is 2.22. The molecule has 1 aromatic heterocycles. The van der Waals surface area contributed by atoms with Crippen LogP contribution in [0.15, 0.2) is 36.4 Å². The molecule has 1 unspecified atom stereocenters. The molecule has 1 atom stereocenters. The number of pyridine rings is 1. The summed E-state index contributed by atoms with van der Waals surface area (Å²) < 4.78 is 10.7. The molecular weight excluding hydrogens is 326 g/mol. The fourth-order valence-corrected chi connectivity index (χ4v) is 3.55. The van der Waals surface area contributed by atoms with Gasteiger partial charge in [-0.2, -0.15) is 0 Å². The number of hydrogen-bond donors (Lipinski definition) is 1. The molecule has 140 valence electrons. The SMILES string of the molecule is COc1ccc(C(C)NC2CCN(c3cccc(C)n3)CC2)cc1OC. The van der Waals surface area contributed by atoms with E-state index in [9.17, 15) is 0 Å². The van der Waals surface area contributed by atoms with Crippen molar-refractivity contribution in [2.45, 2.75) is 38.8 Å². The minimum atomic E-state index is 0.267. The van der Waals surface area contributed by atoms with E-state index in [1.165, 1.54) is 5.56 Å². The third-order valence-corrected chi connectivity index (χ3v) is 5.09. The number of nitrogens with zero attached hydrogens (tertiary/aromatic N) is 2. The first-order valence-corrected chi connectivity index (χ1v) is 9.27. The first kappa shape index (κ1) is 18.5. The second-order valence-electron chi connectivity index (χ2n) is 6.90. The van der Waals surface area contributed by atoms with E-state index >= 15 is 0 Å². The Morgan fingerprint density at radius 2 is 1.81 bits per heavy atom. The minimum Gasteiger partial charge on any atom is -0.493 e. The molecule has 0 aliphatic carbocycles. The third kappa shape index (κ3) is 4.28. The summed E-state index contributed by atoms with van der Waals surface area (Å²) in [6, 6.07) is 13.1. The second-order valence-corrected chi connectivity index (χ2v) is 6.90. The van der Waals surface area contributed by atoms with Crippen LogP contribution in [0.5, 0.6) is 11.5 Å². The van der Waals surface area contributed by atoms with Crippen LogP contribution >= 0.6 is 0 Å². The lowest BCUT2D eigenvalue weighted by Gasteiger charge is -2.35. The van der Waals surface area contributed by atoms with Gasteiger partial charge in [-0.05, 0) is 56.5 Å². The predicted octanol–water partition coefficient (Wildman–Crippen LogP) is 3.73. The van der Waals surface area contributed by atoms with E-state index < -0.39 is 0 Å². The Labute approximate surface area is 156 Å². The maximum Gasteiger partial charge on any atom is 0.161 e. The van der Waals surface area contributed by atoms with Crippen LogP contribution in [-0.4, -0.2) is 38.3 Å². The third-order valence-electron chi connectivity index (χ3n) is 5.09. The molecule has 2 heterocycles. The van der Waals surface area contributed by atoms with E-state index in [0.29, 0.717) is 6.04 Å². The highest BCUT2D eigenvalue weighted by atomic mass is 16.5. The van der Waals surface area contributed by atoms with Gasteiger partial charge in [-0.15, -0.1) is 0 Å². The van der Waals surface area contributed by atoms with Crippen LogP contribution in [0.4, 0.5) is 5.82 Å². The minimum absolute atomic E-state index is 0.267. The van der Waals surface area contributed by atoms with Gasteiger partial charge in [0.1, 0.15) is 5.82 Å². The van der Waals surface area contributed by atoms with Gasteiger partial charge in [0, 0.05) is 30.9 Å². The molecule has 26 heavy (non-hydrogen) atoms. The van der Waals surface area contributed by atoms with Crippen LogP contribution in [0.1, 0.15) is 37.1 Å². The molecule has 1 saturated heterocycles. The molecule has 1 aromatic carbocycles. The lowest BCUT2D eigenvalue weighted by Crippen LogP contribution is -2.43. The van der Waals surface area contributed by atoms with Crippen molar-refractivity contribution in [1.29, 1.82) is 0 Å². The van der Waals surface area contributed by atoms with Gasteiger partial charge in [0.2, 0.25) is 0 Å². The number of benzene rings is 1. The Morgan fingerprint density at radius 3 is 2.46 bits per heavy atom. The molecule has 1 N–H and O–H groups in total. The number of anilines is 1. The number of nitrogens with one attached hydrogen (secondary N) is 1. The van der Waals surface area contributed by atoms with Gasteiger partial charge in [0.25, 0.3) is 0 Å². The Balaban J connectivity index is 1.57. The normalized spacial score (nSPS) is 16.4. The fraction of sp³-hybridized carbons (Fsp3) is 0.476. The zero-order valence-corrected chi connectivity index (χ0v) is 16.2. The molecule has 1 aliphatic heterocycles. The average molecular weight is 355 g/mol. The van der Waals surface area contributed by atoms with Crippen molar-refractivity contribution in [2.75, 3.05) is 32.2 Å². The van der Waals surface area contributed by atoms with E-state index in [4.69, 9.17) is 9.47 Å². The summed E-state index contributed by atoms with van der Waals surface area (Å²) in [5.41, 5.74) is 2.29. The number of rotatable bonds is 6. The predicted molar refractivity (Wildman–Crippen MR) is 105 cm³/mol. The molecule has 1 fully saturated rings. The summed E-state index contributed by atoms with van der Waals surface area (Å²) in [5.74, 6) is 2.64. The summed E-state index contributed by atoms with van der Waals surface area (Å²) in [7, 11) is 3.34. The number of ether oxygens (including phenoxy) is 2. The molecule has 0 radical (unpaired) electrons. The van der Waals surface area contributed by atoms with Crippen molar-refractivity contribution >= 4 is 5.82 Å². The summed E-state index contributed by atoms with van der Waals surface area (Å²) in [6.07, 6.45) is 2.24. The number of methoxy groups -OCH3 is 2. The van der Waals surface area contributed by atoms with Gasteiger partial charge in [0.05, 0.1) is 14.2 Å². The van der Waals surface area contributed by atoms with Crippen LogP contribution < -0.4 is 19.7 Å². The average Bonchev–Trinajstić information content (AvgIpc) is 2.68. The Hall–Kier alpha value is -2.27. The molecule has 0 spiro atoms. The molecule has 0 saturated carbocycles. The van der Waals surface area contributed by atoms with E-state index in [1.54, 1.807) is 14.2 Å². The maximum atomic E-state index is 5.42. The lowest BCUT2D eigenvalue weighted by molar-refractivity contribution is 0.352. The number of hydrogen-bond acceptors (Lipinski definition) is 5.